The molecule has 0 fully saturated rings. The maximum absolute atomic E-state index is 12.2. The van der Waals surface area contributed by atoms with Gasteiger partial charge in [-0.2, -0.15) is 0 Å². The molecule has 0 saturated carbocycles. The van der Waals surface area contributed by atoms with Crippen LogP contribution in [0.2, 0.25) is 5.02 Å². The van der Waals surface area contributed by atoms with Gasteiger partial charge in [0.2, 0.25) is 5.91 Å². The van der Waals surface area contributed by atoms with Crippen molar-refractivity contribution in [1.82, 2.24) is 0 Å². The van der Waals surface area contributed by atoms with Gasteiger partial charge in [0, 0.05) is 10.7 Å². The van der Waals surface area contributed by atoms with Gasteiger partial charge in [0.1, 0.15) is 11.8 Å². The van der Waals surface area contributed by atoms with Crippen molar-refractivity contribution in [2.75, 3.05) is 17.7 Å². The van der Waals surface area contributed by atoms with Gasteiger partial charge in [-0.25, -0.2) is 0 Å². The zero-order valence-electron chi connectivity index (χ0n) is 11.9. The molecule has 1 atom stereocenters. The quantitative estimate of drug-likeness (QED) is 0.883. The predicted octanol–water partition coefficient (Wildman–Crippen LogP) is 3.79. The summed E-state index contributed by atoms with van der Waals surface area (Å²) in [5, 5.41) is 6.48. The van der Waals surface area contributed by atoms with E-state index in [1.165, 1.54) is 0 Å². The van der Waals surface area contributed by atoms with E-state index in [0.717, 1.165) is 5.69 Å². The summed E-state index contributed by atoms with van der Waals surface area (Å²) in [6.45, 7) is 1.79. The van der Waals surface area contributed by atoms with Gasteiger partial charge in [0.25, 0.3) is 0 Å². The van der Waals surface area contributed by atoms with E-state index in [2.05, 4.69) is 10.6 Å². The molecule has 5 heteroatoms. The first-order valence-electron chi connectivity index (χ1n) is 6.56. The summed E-state index contributed by atoms with van der Waals surface area (Å²) >= 11 is 5.94. The van der Waals surface area contributed by atoms with E-state index in [1.807, 2.05) is 30.3 Å². The molecule has 1 amide bonds. The lowest BCUT2D eigenvalue weighted by Gasteiger charge is -2.16. The Morgan fingerprint density at radius 1 is 1.19 bits per heavy atom. The van der Waals surface area contributed by atoms with Crippen molar-refractivity contribution >= 4 is 28.9 Å². The summed E-state index contributed by atoms with van der Waals surface area (Å²) in [7, 11) is 1.55. The zero-order valence-corrected chi connectivity index (χ0v) is 12.6. The first-order valence-corrected chi connectivity index (χ1v) is 6.94. The molecule has 0 aromatic heterocycles. The molecule has 0 spiro atoms. The summed E-state index contributed by atoms with van der Waals surface area (Å²) in [6, 6.07) is 14.2. The number of hydrogen-bond acceptors (Lipinski definition) is 3. The molecule has 21 heavy (non-hydrogen) atoms. The Kier molecular flexibility index (Phi) is 5.06. The molecule has 0 aliphatic carbocycles. The van der Waals surface area contributed by atoms with Gasteiger partial charge in [0.15, 0.2) is 0 Å². The van der Waals surface area contributed by atoms with Crippen LogP contribution in [0.25, 0.3) is 0 Å². The number of carbonyl (C=O) groups is 1. The first kappa shape index (κ1) is 15.2. The smallest absolute Gasteiger partial charge is 0.246 e. The number of ether oxygens (including phenoxy) is 1. The van der Waals surface area contributed by atoms with Crippen LogP contribution in [0.4, 0.5) is 11.4 Å². The van der Waals surface area contributed by atoms with Crippen LogP contribution in [0.1, 0.15) is 6.92 Å². The molecule has 0 unspecified atom stereocenters. The number of carbonyl (C=O) groups excluding carboxylic acids is 1. The Morgan fingerprint density at radius 2 is 1.90 bits per heavy atom. The fourth-order valence-electron chi connectivity index (χ4n) is 1.87. The van der Waals surface area contributed by atoms with E-state index in [0.29, 0.717) is 16.5 Å². The second-order valence-corrected chi connectivity index (χ2v) is 5.00. The Balaban J connectivity index is 2.05. The van der Waals surface area contributed by atoms with Gasteiger partial charge in [0.05, 0.1) is 12.8 Å². The number of benzene rings is 2. The minimum Gasteiger partial charge on any atom is -0.495 e. The number of hydrogen-bond donors (Lipinski definition) is 2. The normalized spacial score (nSPS) is 11.6. The van der Waals surface area contributed by atoms with E-state index < -0.39 is 6.04 Å². The fourth-order valence-corrected chi connectivity index (χ4v) is 2.04. The second kappa shape index (κ2) is 6.99. The molecule has 110 valence electrons. The largest absolute Gasteiger partial charge is 0.495 e. The third kappa shape index (κ3) is 4.13. The van der Waals surface area contributed by atoms with E-state index >= 15 is 0 Å². The minimum absolute atomic E-state index is 0.167. The van der Waals surface area contributed by atoms with Gasteiger partial charge in [-0.15, -0.1) is 0 Å². The highest BCUT2D eigenvalue weighted by Gasteiger charge is 2.15. The van der Waals surface area contributed by atoms with Crippen LogP contribution in [-0.2, 0) is 4.79 Å². The summed E-state index contributed by atoms with van der Waals surface area (Å²) in [5.74, 6) is 0.402. The molecule has 4 nitrogen and oxygen atoms in total. The number of halogens is 1. The predicted molar refractivity (Wildman–Crippen MR) is 86.2 cm³/mol. The summed E-state index contributed by atoms with van der Waals surface area (Å²) in [4.78, 5) is 12.2. The van der Waals surface area contributed by atoms with E-state index in [1.54, 1.807) is 32.2 Å². The maximum Gasteiger partial charge on any atom is 0.246 e. The molecule has 0 bridgehead atoms. The van der Waals surface area contributed by atoms with Gasteiger partial charge in [-0.1, -0.05) is 29.8 Å². The van der Waals surface area contributed by atoms with Crippen LogP contribution < -0.4 is 15.4 Å². The van der Waals surface area contributed by atoms with Crippen molar-refractivity contribution in [3.8, 4) is 5.75 Å². The summed E-state index contributed by atoms with van der Waals surface area (Å²) in [5.41, 5.74) is 1.44. The first-order chi connectivity index (χ1) is 10.1. The number of anilines is 2. The van der Waals surface area contributed by atoms with Gasteiger partial charge in [-0.3, -0.25) is 4.79 Å². The Labute approximate surface area is 129 Å². The fraction of sp³-hybridized carbons (Fsp3) is 0.188. The molecule has 0 radical (unpaired) electrons. The van der Waals surface area contributed by atoms with Crippen molar-refractivity contribution < 1.29 is 9.53 Å². The highest BCUT2D eigenvalue weighted by molar-refractivity contribution is 6.31. The minimum atomic E-state index is -0.393. The number of para-hydroxylation sites is 1. The van der Waals surface area contributed by atoms with Crippen molar-refractivity contribution in [3.05, 3.63) is 53.6 Å². The molecule has 0 heterocycles. The van der Waals surface area contributed by atoms with Crippen molar-refractivity contribution in [2.24, 2.45) is 0 Å². The monoisotopic (exact) mass is 304 g/mol. The van der Waals surface area contributed by atoms with Crippen LogP contribution in [0.3, 0.4) is 0 Å². The van der Waals surface area contributed by atoms with Gasteiger partial charge >= 0.3 is 0 Å². The molecule has 2 rings (SSSR count). The van der Waals surface area contributed by atoms with Crippen LogP contribution >= 0.6 is 11.6 Å². The molecule has 0 aliphatic heterocycles. The number of methoxy groups -OCH3 is 1. The van der Waals surface area contributed by atoms with Crippen LogP contribution in [-0.4, -0.2) is 19.1 Å². The molecular formula is C16H17ClN2O2. The van der Waals surface area contributed by atoms with Crippen molar-refractivity contribution in [3.63, 3.8) is 0 Å². The zero-order chi connectivity index (χ0) is 15.2. The average molecular weight is 305 g/mol. The number of amides is 1. The van der Waals surface area contributed by atoms with E-state index in [4.69, 9.17) is 16.3 Å². The Hall–Kier alpha value is -2.20. The lowest BCUT2D eigenvalue weighted by Crippen LogP contribution is -2.31. The second-order valence-electron chi connectivity index (χ2n) is 4.57. The highest BCUT2D eigenvalue weighted by Crippen LogP contribution is 2.27. The third-order valence-electron chi connectivity index (χ3n) is 2.97. The maximum atomic E-state index is 12.2. The van der Waals surface area contributed by atoms with Gasteiger partial charge < -0.3 is 15.4 Å². The lowest BCUT2D eigenvalue weighted by molar-refractivity contribution is -0.116. The van der Waals surface area contributed by atoms with Crippen molar-refractivity contribution in [2.45, 2.75) is 13.0 Å². The molecule has 2 aromatic carbocycles. The van der Waals surface area contributed by atoms with Crippen LogP contribution in [0.15, 0.2) is 48.5 Å². The molecular weight excluding hydrogens is 288 g/mol. The molecule has 2 aromatic rings. The highest BCUT2D eigenvalue weighted by atomic mass is 35.5. The lowest BCUT2D eigenvalue weighted by atomic mass is 10.2. The van der Waals surface area contributed by atoms with E-state index in [9.17, 15) is 4.79 Å². The van der Waals surface area contributed by atoms with Crippen LogP contribution in [0.5, 0.6) is 5.75 Å². The average Bonchev–Trinajstić information content (AvgIpc) is 2.48. The van der Waals surface area contributed by atoms with Crippen LogP contribution in [0, 0.1) is 0 Å². The molecule has 2 N–H and O–H groups in total. The topological polar surface area (TPSA) is 50.4 Å². The SMILES string of the molecule is COc1ccc(Cl)cc1NC(=O)[C@H](C)Nc1ccccc1. The summed E-state index contributed by atoms with van der Waals surface area (Å²) in [6.07, 6.45) is 0. The van der Waals surface area contributed by atoms with Gasteiger partial charge in [-0.05, 0) is 37.3 Å². The number of nitrogens with one attached hydrogen (secondary N) is 2. The number of rotatable bonds is 5. The van der Waals surface area contributed by atoms with E-state index in [-0.39, 0.29) is 5.91 Å². The molecule has 0 saturated heterocycles. The standard InChI is InChI=1S/C16H17ClN2O2/c1-11(18-13-6-4-3-5-7-13)16(20)19-14-10-12(17)8-9-15(14)21-2/h3-11,18H,1-2H3,(H,19,20)/t11-/m0/s1. The Bertz CT molecular complexity index is 617. The molecule has 0 aliphatic rings. The summed E-state index contributed by atoms with van der Waals surface area (Å²) < 4.78 is 5.21. The van der Waals surface area contributed by atoms with Crippen molar-refractivity contribution in [1.29, 1.82) is 0 Å². The third-order valence-corrected chi connectivity index (χ3v) is 3.20. The Morgan fingerprint density at radius 3 is 2.57 bits per heavy atom.